The number of nitrogen functional groups attached to an aromatic ring is 1. The van der Waals surface area contributed by atoms with E-state index in [-0.39, 0.29) is 0 Å². The molecule has 13 heavy (non-hydrogen) atoms. The van der Waals surface area contributed by atoms with Crippen molar-refractivity contribution >= 4 is 23.7 Å². The molecular formula is C7H15N5S. The number of nitrogens with two attached hydrogens (primary N) is 1. The lowest BCUT2D eigenvalue weighted by Crippen LogP contribution is -2.31. The van der Waals surface area contributed by atoms with Gasteiger partial charge in [-0.3, -0.25) is 0 Å². The predicted molar refractivity (Wildman–Crippen MR) is 57.0 cm³/mol. The summed E-state index contributed by atoms with van der Waals surface area (Å²) in [5.74, 6) is 2.06. The van der Waals surface area contributed by atoms with Gasteiger partial charge in [-0.25, -0.2) is 5.10 Å². The maximum atomic E-state index is 5.43. The Balaban J connectivity index is 2.61. The highest BCUT2D eigenvalue weighted by Gasteiger charge is 2.12. The van der Waals surface area contributed by atoms with Crippen LogP contribution in [0, 0.1) is 0 Å². The molecule has 0 fully saturated rings. The van der Waals surface area contributed by atoms with E-state index in [1.807, 2.05) is 11.9 Å². The fraction of sp³-hybridized carbons (Fsp3) is 0.714. The Labute approximate surface area is 82.1 Å². The number of anilines is 2. The molecule has 1 rings (SSSR count). The second kappa shape index (κ2) is 4.36. The highest BCUT2D eigenvalue weighted by atomic mass is 32.2. The maximum Gasteiger partial charge on any atom is 0.246 e. The molecule has 0 bridgehead atoms. The first-order valence-electron chi connectivity index (χ1n) is 4.04. The zero-order chi connectivity index (χ0) is 9.84. The summed E-state index contributed by atoms with van der Waals surface area (Å²) in [6.07, 6.45) is 2.08. The number of hydrogen-bond donors (Lipinski definition) is 2. The molecule has 0 aliphatic carbocycles. The van der Waals surface area contributed by atoms with E-state index in [0.717, 1.165) is 5.75 Å². The smallest absolute Gasteiger partial charge is 0.246 e. The van der Waals surface area contributed by atoms with Crippen molar-refractivity contribution in [1.82, 2.24) is 15.2 Å². The van der Waals surface area contributed by atoms with E-state index in [1.165, 1.54) is 0 Å². The third kappa shape index (κ3) is 2.51. The fourth-order valence-corrected chi connectivity index (χ4v) is 1.68. The van der Waals surface area contributed by atoms with Crippen LogP contribution >= 0.6 is 11.8 Å². The topological polar surface area (TPSA) is 70.8 Å². The van der Waals surface area contributed by atoms with Crippen molar-refractivity contribution in [3.63, 3.8) is 0 Å². The molecule has 6 heteroatoms. The minimum absolute atomic E-state index is 0.359. The van der Waals surface area contributed by atoms with Crippen LogP contribution in [0.25, 0.3) is 0 Å². The van der Waals surface area contributed by atoms with Crippen LogP contribution in [0.3, 0.4) is 0 Å². The Morgan fingerprint density at radius 2 is 2.38 bits per heavy atom. The summed E-state index contributed by atoms with van der Waals surface area (Å²) in [6, 6.07) is 0.408. The van der Waals surface area contributed by atoms with Crippen LogP contribution in [-0.4, -0.2) is 40.3 Å². The Morgan fingerprint density at radius 3 is 2.85 bits per heavy atom. The monoisotopic (exact) mass is 201 g/mol. The largest absolute Gasteiger partial charge is 0.368 e. The first kappa shape index (κ1) is 10.2. The van der Waals surface area contributed by atoms with Crippen molar-refractivity contribution in [3.05, 3.63) is 0 Å². The van der Waals surface area contributed by atoms with Gasteiger partial charge >= 0.3 is 0 Å². The SMILES string of the molecule is CSCC(C)N(C)c1n[nH]c(N)n1. The second-order valence-corrected chi connectivity index (χ2v) is 3.85. The molecule has 1 heterocycles. The molecule has 74 valence electrons. The minimum atomic E-state index is 0.359. The summed E-state index contributed by atoms with van der Waals surface area (Å²) < 4.78 is 0. The van der Waals surface area contributed by atoms with Crippen molar-refractivity contribution in [2.75, 3.05) is 29.7 Å². The third-order valence-corrected chi connectivity index (χ3v) is 2.69. The number of H-pyrrole nitrogens is 1. The maximum absolute atomic E-state index is 5.43. The van der Waals surface area contributed by atoms with Crippen LogP contribution in [0.2, 0.25) is 0 Å². The summed E-state index contributed by atoms with van der Waals surface area (Å²) in [7, 11) is 1.96. The molecule has 3 N–H and O–H groups in total. The Morgan fingerprint density at radius 1 is 1.69 bits per heavy atom. The van der Waals surface area contributed by atoms with Gasteiger partial charge in [0, 0.05) is 18.8 Å². The van der Waals surface area contributed by atoms with E-state index in [2.05, 4.69) is 28.4 Å². The number of thioether (sulfide) groups is 1. The summed E-state index contributed by atoms with van der Waals surface area (Å²) in [5.41, 5.74) is 5.43. The number of hydrogen-bond acceptors (Lipinski definition) is 5. The van der Waals surface area contributed by atoms with Gasteiger partial charge in [0.2, 0.25) is 11.9 Å². The zero-order valence-corrected chi connectivity index (χ0v) is 8.93. The minimum Gasteiger partial charge on any atom is -0.368 e. The second-order valence-electron chi connectivity index (χ2n) is 2.94. The Hall–Kier alpha value is -0.910. The van der Waals surface area contributed by atoms with Crippen molar-refractivity contribution in [3.8, 4) is 0 Å². The lowest BCUT2D eigenvalue weighted by molar-refractivity contribution is 0.741. The van der Waals surface area contributed by atoms with Gasteiger partial charge in [-0.05, 0) is 13.2 Å². The molecule has 1 aromatic rings. The molecule has 1 atom stereocenters. The fourth-order valence-electron chi connectivity index (χ4n) is 0.973. The van der Waals surface area contributed by atoms with Crippen LogP contribution in [0.5, 0.6) is 0 Å². The molecule has 0 radical (unpaired) electrons. The molecule has 0 aliphatic rings. The molecule has 0 aromatic carbocycles. The highest BCUT2D eigenvalue weighted by Crippen LogP contribution is 2.11. The quantitative estimate of drug-likeness (QED) is 0.745. The van der Waals surface area contributed by atoms with Crippen molar-refractivity contribution in [2.45, 2.75) is 13.0 Å². The lowest BCUT2D eigenvalue weighted by Gasteiger charge is -2.22. The van der Waals surface area contributed by atoms with Gasteiger partial charge in [0.25, 0.3) is 0 Å². The van der Waals surface area contributed by atoms with Crippen LogP contribution < -0.4 is 10.6 Å². The predicted octanol–water partition coefficient (Wildman–Crippen LogP) is 0.575. The molecule has 1 unspecified atom stereocenters. The Bertz CT molecular complexity index is 261. The number of nitrogens with zero attached hydrogens (tertiary/aromatic N) is 3. The lowest BCUT2D eigenvalue weighted by atomic mass is 10.3. The summed E-state index contributed by atoms with van der Waals surface area (Å²) in [4.78, 5) is 6.05. The molecule has 0 spiro atoms. The first-order chi connectivity index (χ1) is 6.15. The van der Waals surface area contributed by atoms with Crippen LogP contribution in [0.1, 0.15) is 6.92 Å². The Kier molecular flexibility index (Phi) is 3.41. The van der Waals surface area contributed by atoms with E-state index in [1.54, 1.807) is 11.8 Å². The highest BCUT2D eigenvalue weighted by molar-refractivity contribution is 7.98. The zero-order valence-electron chi connectivity index (χ0n) is 8.11. The van der Waals surface area contributed by atoms with Gasteiger partial charge in [0.15, 0.2) is 0 Å². The van der Waals surface area contributed by atoms with Gasteiger partial charge in [-0.15, -0.1) is 5.10 Å². The molecule has 1 aromatic heterocycles. The van der Waals surface area contributed by atoms with E-state index in [4.69, 9.17) is 5.73 Å². The number of rotatable bonds is 4. The number of aromatic amines is 1. The van der Waals surface area contributed by atoms with Crippen LogP contribution in [-0.2, 0) is 0 Å². The van der Waals surface area contributed by atoms with E-state index in [0.29, 0.717) is 17.9 Å². The van der Waals surface area contributed by atoms with Crippen molar-refractivity contribution < 1.29 is 0 Å². The summed E-state index contributed by atoms with van der Waals surface area (Å²) in [5, 5.41) is 6.59. The van der Waals surface area contributed by atoms with Crippen molar-refractivity contribution in [1.29, 1.82) is 0 Å². The molecular weight excluding hydrogens is 186 g/mol. The van der Waals surface area contributed by atoms with E-state index in [9.17, 15) is 0 Å². The van der Waals surface area contributed by atoms with Crippen LogP contribution in [0.4, 0.5) is 11.9 Å². The average Bonchev–Trinajstić information content (AvgIpc) is 2.51. The third-order valence-electron chi connectivity index (χ3n) is 1.88. The van der Waals surface area contributed by atoms with Gasteiger partial charge in [0.05, 0.1) is 0 Å². The summed E-state index contributed by atoms with van der Waals surface area (Å²) >= 11 is 1.80. The number of aromatic nitrogens is 3. The van der Waals surface area contributed by atoms with Crippen molar-refractivity contribution in [2.24, 2.45) is 0 Å². The van der Waals surface area contributed by atoms with E-state index >= 15 is 0 Å². The van der Waals surface area contributed by atoms with E-state index < -0.39 is 0 Å². The number of nitrogens with one attached hydrogen (secondary N) is 1. The average molecular weight is 201 g/mol. The molecule has 0 saturated heterocycles. The van der Waals surface area contributed by atoms with Gasteiger partial charge < -0.3 is 10.6 Å². The molecule has 0 aliphatic heterocycles. The first-order valence-corrected chi connectivity index (χ1v) is 5.44. The molecule has 0 saturated carbocycles. The normalized spacial score (nSPS) is 12.8. The van der Waals surface area contributed by atoms with Crippen LogP contribution in [0.15, 0.2) is 0 Å². The van der Waals surface area contributed by atoms with Gasteiger partial charge in [0.1, 0.15) is 0 Å². The summed E-state index contributed by atoms with van der Waals surface area (Å²) in [6.45, 7) is 2.13. The van der Waals surface area contributed by atoms with Gasteiger partial charge in [-0.2, -0.15) is 16.7 Å². The standard InChI is InChI=1S/C7H15N5S/c1-5(4-13-3)12(2)7-9-6(8)10-11-7/h5H,4H2,1-3H3,(H3,8,9,10,11). The molecule has 5 nitrogen and oxygen atoms in total. The van der Waals surface area contributed by atoms with Gasteiger partial charge in [-0.1, -0.05) is 0 Å². The molecule has 0 amide bonds.